The van der Waals surface area contributed by atoms with Gasteiger partial charge in [0.25, 0.3) is 0 Å². The fraction of sp³-hybridized carbons (Fsp3) is 0.172. The minimum atomic E-state index is -0.761. The molecule has 0 radical (unpaired) electrons. The SMILES string of the molecule is Cc1ccc(C2(c3ccc(C)cc3)OO[C@H](c3ccccc3)[C@H]2c2ccccc2)cc1. The van der Waals surface area contributed by atoms with E-state index in [0.717, 1.165) is 16.7 Å². The van der Waals surface area contributed by atoms with Crippen LogP contribution in [-0.4, -0.2) is 0 Å². The molecule has 154 valence electrons. The van der Waals surface area contributed by atoms with Crippen LogP contribution in [0.4, 0.5) is 0 Å². The van der Waals surface area contributed by atoms with Crippen molar-refractivity contribution in [2.45, 2.75) is 31.5 Å². The summed E-state index contributed by atoms with van der Waals surface area (Å²) in [5.41, 5.74) is 6.16. The normalized spacial score (nSPS) is 19.9. The Labute approximate surface area is 184 Å². The molecule has 1 fully saturated rings. The number of benzene rings is 4. The molecule has 0 aromatic heterocycles. The van der Waals surface area contributed by atoms with Gasteiger partial charge in [0, 0.05) is 0 Å². The zero-order valence-corrected chi connectivity index (χ0v) is 17.9. The Balaban J connectivity index is 1.77. The van der Waals surface area contributed by atoms with Crippen molar-refractivity contribution >= 4 is 0 Å². The van der Waals surface area contributed by atoms with E-state index in [1.54, 1.807) is 0 Å². The molecule has 0 amide bonds. The summed E-state index contributed by atoms with van der Waals surface area (Å²) in [6.45, 7) is 4.21. The van der Waals surface area contributed by atoms with Gasteiger partial charge in [0.05, 0.1) is 5.92 Å². The van der Waals surface area contributed by atoms with Gasteiger partial charge in [0.15, 0.2) is 5.60 Å². The summed E-state index contributed by atoms with van der Waals surface area (Å²) < 4.78 is 0. The van der Waals surface area contributed by atoms with E-state index in [2.05, 4.69) is 117 Å². The number of rotatable bonds is 4. The summed E-state index contributed by atoms with van der Waals surface area (Å²) in [5, 5.41) is 0. The summed E-state index contributed by atoms with van der Waals surface area (Å²) in [5.74, 6) is -0.0542. The first kappa shape index (κ1) is 19.7. The van der Waals surface area contributed by atoms with Crippen molar-refractivity contribution in [3.8, 4) is 0 Å². The van der Waals surface area contributed by atoms with Gasteiger partial charge >= 0.3 is 0 Å². The van der Waals surface area contributed by atoms with Crippen LogP contribution in [0, 0.1) is 13.8 Å². The van der Waals surface area contributed by atoms with E-state index >= 15 is 0 Å². The molecule has 1 saturated heterocycles. The van der Waals surface area contributed by atoms with Gasteiger partial charge in [0.2, 0.25) is 0 Å². The number of hydrogen-bond acceptors (Lipinski definition) is 2. The van der Waals surface area contributed by atoms with Crippen LogP contribution in [0.1, 0.15) is 45.4 Å². The number of hydrogen-bond donors (Lipinski definition) is 0. The Hall–Kier alpha value is -3.20. The third-order valence-electron chi connectivity index (χ3n) is 6.27. The van der Waals surface area contributed by atoms with E-state index in [1.807, 2.05) is 6.07 Å². The van der Waals surface area contributed by atoms with Gasteiger partial charge in [-0.25, -0.2) is 9.78 Å². The van der Waals surface area contributed by atoms with E-state index in [-0.39, 0.29) is 12.0 Å². The molecule has 1 heterocycles. The molecular weight excluding hydrogens is 380 g/mol. The molecule has 0 aliphatic carbocycles. The maximum absolute atomic E-state index is 6.43. The summed E-state index contributed by atoms with van der Waals surface area (Å²) in [7, 11) is 0. The standard InChI is InChI=1S/C29H26O2/c1-21-13-17-25(18-14-21)29(26-19-15-22(2)16-20-26)27(23-9-5-3-6-10-23)28(30-31-29)24-11-7-4-8-12-24/h3-20,27-28H,1-2H3/t27-,28-/m1/s1. The van der Waals surface area contributed by atoms with Gasteiger partial charge in [-0.3, -0.25) is 0 Å². The largest absolute Gasteiger partial charge is 0.226 e. The highest BCUT2D eigenvalue weighted by molar-refractivity contribution is 5.46. The van der Waals surface area contributed by atoms with Crippen molar-refractivity contribution in [3.63, 3.8) is 0 Å². The maximum atomic E-state index is 6.43. The molecular formula is C29H26O2. The van der Waals surface area contributed by atoms with Gasteiger partial charge in [-0.05, 0) is 36.1 Å². The molecule has 2 atom stereocenters. The van der Waals surface area contributed by atoms with Crippen molar-refractivity contribution in [2.24, 2.45) is 0 Å². The van der Waals surface area contributed by atoms with Crippen LogP contribution in [0.2, 0.25) is 0 Å². The Morgan fingerprint density at radius 1 is 0.548 bits per heavy atom. The van der Waals surface area contributed by atoms with E-state index < -0.39 is 5.60 Å². The molecule has 2 heteroatoms. The summed E-state index contributed by atoms with van der Waals surface area (Å²) in [6.07, 6.45) is -0.230. The molecule has 0 N–H and O–H groups in total. The van der Waals surface area contributed by atoms with Crippen LogP contribution in [0.3, 0.4) is 0 Å². The van der Waals surface area contributed by atoms with Crippen molar-refractivity contribution in [2.75, 3.05) is 0 Å². The van der Waals surface area contributed by atoms with Gasteiger partial charge in [-0.15, -0.1) is 0 Å². The summed E-state index contributed by atoms with van der Waals surface area (Å²) in [6, 6.07) is 38.2. The van der Waals surface area contributed by atoms with Gasteiger partial charge in [0.1, 0.15) is 6.10 Å². The Morgan fingerprint density at radius 2 is 1.00 bits per heavy atom. The fourth-order valence-electron chi connectivity index (χ4n) is 4.63. The van der Waals surface area contributed by atoms with Crippen LogP contribution < -0.4 is 0 Å². The minimum absolute atomic E-state index is 0.0542. The van der Waals surface area contributed by atoms with Crippen LogP contribution >= 0.6 is 0 Å². The van der Waals surface area contributed by atoms with Crippen LogP contribution in [0.15, 0.2) is 109 Å². The van der Waals surface area contributed by atoms with Gasteiger partial charge < -0.3 is 0 Å². The lowest BCUT2D eigenvalue weighted by Gasteiger charge is -2.34. The Morgan fingerprint density at radius 3 is 1.48 bits per heavy atom. The lowest BCUT2D eigenvalue weighted by Crippen LogP contribution is -2.34. The van der Waals surface area contributed by atoms with Gasteiger partial charge in [-0.2, -0.15) is 0 Å². The molecule has 4 aromatic carbocycles. The molecule has 31 heavy (non-hydrogen) atoms. The monoisotopic (exact) mass is 406 g/mol. The first-order valence-electron chi connectivity index (χ1n) is 10.8. The van der Waals surface area contributed by atoms with E-state index in [0.29, 0.717) is 0 Å². The first-order chi connectivity index (χ1) is 15.2. The minimum Gasteiger partial charge on any atom is -0.226 e. The average Bonchev–Trinajstić information content (AvgIpc) is 3.22. The molecule has 2 nitrogen and oxygen atoms in total. The second-order valence-corrected chi connectivity index (χ2v) is 8.37. The van der Waals surface area contributed by atoms with Crippen LogP contribution in [-0.2, 0) is 15.4 Å². The molecule has 0 spiro atoms. The molecule has 5 rings (SSSR count). The zero-order valence-electron chi connectivity index (χ0n) is 17.9. The Kier molecular flexibility index (Phi) is 5.19. The van der Waals surface area contributed by atoms with Crippen LogP contribution in [0.25, 0.3) is 0 Å². The summed E-state index contributed by atoms with van der Waals surface area (Å²) in [4.78, 5) is 12.6. The van der Waals surface area contributed by atoms with E-state index in [9.17, 15) is 0 Å². The quantitative estimate of drug-likeness (QED) is 0.339. The Bertz CT molecular complexity index is 1090. The van der Waals surface area contributed by atoms with E-state index in [1.165, 1.54) is 16.7 Å². The lowest BCUT2D eigenvalue weighted by atomic mass is 9.70. The predicted octanol–water partition coefficient (Wildman–Crippen LogP) is 7.03. The lowest BCUT2D eigenvalue weighted by molar-refractivity contribution is -0.322. The van der Waals surface area contributed by atoms with Crippen molar-refractivity contribution < 1.29 is 9.78 Å². The van der Waals surface area contributed by atoms with Gasteiger partial charge in [-0.1, -0.05) is 120 Å². The zero-order chi connectivity index (χ0) is 21.3. The topological polar surface area (TPSA) is 18.5 Å². The van der Waals surface area contributed by atoms with Crippen molar-refractivity contribution in [1.29, 1.82) is 0 Å². The van der Waals surface area contributed by atoms with E-state index in [4.69, 9.17) is 9.78 Å². The predicted molar refractivity (Wildman–Crippen MR) is 124 cm³/mol. The highest BCUT2D eigenvalue weighted by Crippen LogP contribution is 2.57. The fourth-order valence-corrected chi connectivity index (χ4v) is 4.63. The average molecular weight is 407 g/mol. The molecule has 0 unspecified atom stereocenters. The van der Waals surface area contributed by atoms with Crippen LogP contribution in [0.5, 0.6) is 0 Å². The highest BCUT2D eigenvalue weighted by atomic mass is 17.2. The highest BCUT2D eigenvalue weighted by Gasteiger charge is 2.55. The third-order valence-corrected chi connectivity index (χ3v) is 6.27. The molecule has 4 aromatic rings. The van der Waals surface area contributed by atoms with Crippen molar-refractivity contribution in [3.05, 3.63) is 143 Å². The summed E-state index contributed by atoms with van der Waals surface area (Å²) >= 11 is 0. The smallest absolute Gasteiger partial charge is 0.163 e. The first-order valence-corrected chi connectivity index (χ1v) is 10.8. The molecule has 0 saturated carbocycles. The molecule has 0 bridgehead atoms. The van der Waals surface area contributed by atoms with Crippen molar-refractivity contribution in [1.82, 2.24) is 0 Å². The third kappa shape index (κ3) is 3.48. The molecule has 1 aliphatic heterocycles. The number of aryl methyl sites for hydroxylation is 2. The second-order valence-electron chi connectivity index (χ2n) is 8.37. The molecule has 1 aliphatic rings. The second kappa shape index (κ2) is 8.14. The maximum Gasteiger partial charge on any atom is 0.163 e.